The highest BCUT2D eigenvalue weighted by Gasteiger charge is 2.25. The monoisotopic (exact) mass is 300 g/mol. The topological polar surface area (TPSA) is 83.4 Å². The average Bonchev–Trinajstić information content (AvgIpc) is 2.90. The van der Waals surface area contributed by atoms with E-state index < -0.39 is 6.03 Å². The fourth-order valence-corrected chi connectivity index (χ4v) is 2.61. The van der Waals surface area contributed by atoms with Gasteiger partial charge in [-0.15, -0.1) is 0 Å². The minimum Gasteiger partial charge on any atom is -0.358 e. The van der Waals surface area contributed by atoms with Crippen LogP contribution in [0.2, 0.25) is 0 Å². The van der Waals surface area contributed by atoms with E-state index in [9.17, 15) is 14.4 Å². The molecule has 1 saturated heterocycles. The van der Waals surface area contributed by atoms with E-state index in [4.69, 9.17) is 0 Å². The van der Waals surface area contributed by atoms with Crippen LogP contribution in [0.3, 0.4) is 0 Å². The van der Waals surface area contributed by atoms with Crippen LogP contribution < -0.4 is 15.5 Å². The van der Waals surface area contributed by atoms with Gasteiger partial charge in [0, 0.05) is 31.6 Å². The van der Waals surface area contributed by atoms with E-state index in [1.165, 1.54) is 0 Å². The fraction of sp³-hybridized carbons (Fsp3) is 0.267. The third-order valence-electron chi connectivity index (χ3n) is 3.73. The number of rotatable bonds is 3. The molecule has 7 nitrogen and oxygen atoms in total. The number of nitrogens with zero attached hydrogens (tertiary/aromatic N) is 2. The molecule has 0 bridgehead atoms. The Balaban J connectivity index is 1.99. The Morgan fingerprint density at radius 1 is 1.32 bits per heavy atom. The number of urea groups is 1. The minimum atomic E-state index is -0.414. The number of anilines is 1. The highest BCUT2D eigenvalue weighted by Crippen LogP contribution is 2.28. The lowest BCUT2D eigenvalue weighted by molar-refractivity contribution is -0.121. The molecule has 2 aromatic rings. The molecule has 0 radical (unpaired) electrons. The summed E-state index contributed by atoms with van der Waals surface area (Å²) in [4.78, 5) is 36.4. The van der Waals surface area contributed by atoms with E-state index in [1.54, 1.807) is 11.9 Å². The van der Waals surface area contributed by atoms with Crippen molar-refractivity contribution in [3.8, 4) is 0 Å². The Morgan fingerprint density at radius 3 is 2.86 bits per heavy atom. The standard InChI is InChI=1S/C15H16N4O3/c1-16-14(21)9-18-7-5-10-11(18)3-2-4-12(10)19-8-6-13(20)17-15(19)22/h2-5,7H,6,8-9H2,1H3,(H,16,21)(H,17,20,22). The maximum absolute atomic E-state index is 12.0. The van der Waals surface area contributed by atoms with E-state index in [2.05, 4.69) is 10.6 Å². The second kappa shape index (κ2) is 5.51. The van der Waals surface area contributed by atoms with Gasteiger partial charge in [0.15, 0.2) is 0 Å². The molecule has 114 valence electrons. The largest absolute Gasteiger partial charge is 0.358 e. The van der Waals surface area contributed by atoms with Gasteiger partial charge in [-0.05, 0) is 18.2 Å². The second-order valence-corrected chi connectivity index (χ2v) is 5.08. The zero-order valence-corrected chi connectivity index (χ0v) is 12.1. The van der Waals surface area contributed by atoms with Crippen molar-refractivity contribution in [3.05, 3.63) is 30.5 Å². The van der Waals surface area contributed by atoms with Crippen LogP contribution in [0.15, 0.2) is 30.5 Å². The number of imide groups is 1. The van der Waals surface area contributed by atoms with Gasteiger partial charge in [0.1, 0.15) is 6.54 Å². The van der Waals surface area contributed by atoms with Crippen molar-refractivity contribution >= 4 is 34.4 Å². The number of carbonyl (C=O) groups is 3. The molecule has 0 unspecified atom stereocenters. The molecule has 1 aromatic heterocycles. The maximum atomic E-state index is 12.0. The molecule has 1 fully saturated rings. The van der Waals surface area contributed by atoms with Crippen molar-refractivity contribution in [2.75, 3.05) is 18.5 Å². The van der Waals surface area contributed by atoms with Crippen molar-refractivity contribution < 1.29 is 14.4 Å². The van der Waals surface area contributed by atoms with Gasteiger partial charge in [-0.25, -0.2) is 4.79 Å². The summed E-state index contributed by atoms with van der Waals surface area (Å²) in [7, 11) is 1.59. The van der Waals surface area contributed by atoms with Gasteiger partial charge in [-0.3, -0.25) is 19.8 Å². The number of hydrogen-bond acceptors (Lipinski definition) is 3. The molecule has 3 rings (SSSR count). The maximum Gasteiger partial charge on any atom is 0.328 e. The van der Waals surface area contributed by atoms with E-state index in [-0.39, 0.29) is 24.8 Å². The molecule has 2 heterocycles. The first-order valence-corrected chi connectivity index (χ1v) is 7.00. The number of benzene rings is 1. The summed E-state index contributed by atoms with van der Waals surface area (Å²) < 4.78 is 1.82. The number of hydrogen-bond donors (Lipinski definition) is 2. The summed E-state index contributed by atoms with van der Waals surface area (Å²) in [6.07, 6.45) is 2.09. The van der Waals surface area contributed by atoms with Gasteiger partial charge in [-0.2, -0.15) is 0 Å². The molecular formula is C15H16N4O3. The van der Waals surface area contributed by atoms with Gasteiger partial charge in [0.05, 0.1) is 11.2 Å². The van der Waals surface area contributed by atoms with Crippen molar-refractivity contribution in [1.29, 1.82) is 0 Å². The fourth-order valence-electron chi connectivity index (χ4n) is 2.61. The third-order valence-corrected chi connectivity index (χ3v) is 3.73. The Labute approximate surface area is 126 Å². The summed E-state index contributed by atoms with van der Waals surface area (Å²) in [5.74, 6) is -0.352. The predicted molar refractivity (Wildman–Crippen MR) is 81.5 cm³/mol. The summed E-state index contributed by atoms with van der Waals surface area (Å²) in [5, 5.41) is 5.78. The van der Waals surface area contributed by atoms with Crippen LogP contribution in [0.4, 0.5) is 10.5 Å². The van der Waals surface area contributed by atoms with E-state index in [0.717, 1.165) is 16.6 Å². The molecule has 22 heavy (non-hydrogen) atoms. The number of fused-ring (bicyclic) bond motifs is 1. The Bertz CT molecular complexity index is 765. The predicted octanol–water partition coefficient (Wildman–Crippen LogP) is 0.834. The van der Waals surface area contributed by atoms with Crippen LogP contribution in [0.5, 0.6) is 0 Å². The van der Waals surface area contributed by atoms with E-state index >= 15 is 0 Å². The molecule has 0 saturated carbocycles. The van der Waals surface area contributed by atoms with Gasteiger partial charge >= 0.3 is 6.03 Å². The highest BCUT2D eigenvalue weighted by molar-refractivity contribution is 6.09. The lowest BCUT2D eigenvalue weighted by Gasteiger charge is -2.27. The van der Waals surface area contributed by atoms with Crippen molar-refractivity contribution in [2.45, 2.75) is 13.0 Å². The molecule has 2 N–H and O–H groups in total. The average molecular weight is 300 g/mol. The van der Waals surface area contributed by atoms with Crippen molar-refractivity contribution in [1.82, 2.24) is 15.2 Å². The van der Waals surface area contributed by atoms with Crippen LogP contribution in [-0.2, 0) is 16.1 Å². The van der Waals surface area contributed by atoms with Gasteiger partial charge in [0.2, 0.25) is 11.8 Å². The Morgan fingerprint density at radius 2 is 2.14 bits per heavy atom. The van der Waals surface area contributed by atoms with Gasteiger partial charge in [0.25, 0.3) is 0 Å². The normalized spacial score (nSPS) is 15.0. The molecule has 4 amide bonds. The van der Waals surface area contributed by atoms with Crippen LogP contribution in [0, 0.1) is 0 Å². The summed E-state index contributed by atoms with van der Waals surface area (Å²) in [5.41, 5.74) is 1.60. The molecule has 1 aliphatic rings. The molecule has 0 atom stereocenters. The Hall–Kier alpha value is -2.83. The lowest BCUT2D eigenvalue weighted by atomic mass is 10.1. The SMILES string of the molecule is CNC(=O)Cn1ccc2c(N3CCC(=O)NC3=O)cccc21. The lowest BCUT2D eigenvalue weighted by Crippen LogP contribution is -2.49. The first-order valence-electron chi connectivity index (χ1n) is 7.00. The number of likely N-dealkylation sites (N-methyl/N-ethyl adjacent to an activating group) is 1. The smallest absolute Gasteiger partial charge is 0.328 e. The number of carbonyl (C=O) groups excluding carboxylic acids is 3. The quantitative estimate of drug-likeness (QED) is 0.881. The van der Waals surface area contributed by atoms with E-state index in [1.807, 2.05) is 35.0 Å². The summed E-state index contributed by atoms with van der Waals surface area (Å²) in [6.45, 7) is 0.568. The number of aromatic nitrogens is 1. The molecular weight excluding hydrogens is 284 g/mol. The number of nitrogens with one attached hydrogen (secondary N) is 2. The van der Waals surface area contributed by atoms with Gasteiger partial charge < -0.3 is 9.88 Å². The zero-order chi connectivity index (χ0) is 15.7. The van der Waals surface area contributed by atoms with Crippen LogP contribution in [0.1, 0.15) is 6.42 Å². The van der Waals surface area contributed by atoms with Crippen molar-refractivity contribution in [3.63, 3.8) is 0 Å². The highest BCUT2D eigenvalue weighted by atomic mass is 16.2. The molecule has 7 heteroatoms. The van der Waals surface area contributed by atoms with E-state index in [0.29, 0.717) is 6.54 Å². The zero-order valence-electron chi connectivity index (χ0n) is 12.1. The first kappa shape index (κ1) is 14.1. The summed E-state index contributed by atoms with van der Waals surface area (Å²) >= 11 is 0. The van der Waals surface area contributed by atoms with Crippen LogP contribution in [-0.4, -0.2) is 36.0 Å². The van der Waals surface area contributed by atoms with Crippen LogP contribution >= 0.6 is 0 Å². The first-order chi connectivity index (χ1) is 10.6. The number of amides is 4. The summed E-state index contributed by atoms with van der Waals surface area (Å²) in [6, 6.07) is 7.03. The van der Waals surface area contributed by atoms with Gasteiger partial charge in [-0.1, -0.05) is 6.07 Å². The van der Waals surface area contributed by atoms with Crippen LogP contribution in [0.25, 0.3) is 10.9 Å². The second-order valence-electron chi connectivity index (χ2n) is 5.08. The molecule has 1 aromatic carbocycles. The molecule has 0 spiro atoms. The Kier molecular flexibility index (Phi) is 3.54. The van der Waals surface area contributed by atoms with Crippen molar-refractivity contribution in [2.24, 2.45) is 0 Å². The molecule has 1 aliphatic heterocycles. The third kappa shape index (κ3) is 2.41. The minimum absolute atomic E-state index is 0.0933. The molecule has 0 aliphatic carbocycles.